The lowest BCUT2D eigenvalue weighted by Gasteiger charge is -2.18. The number of hydrogen-bond acceptors (Lipinski definition) is 3. The summed E-state index contributed by atoms with van der Waals surface area (Å²) in [7, 11) is 0. The molecule has 4 N–H and O–H groups in total. The maximum Gasteiger partial charge on any atom is 0.326 e. The van der Waals surface area contributed by atoms with Gasteiger partial charge in [0.05, 0.1) is 0 Å². The van der Waals surface area contributed by atoms with Crippen molar-refractivity contribution in [1.82, 2.24) is 5.32 Å². The number of carbonyl (C=O) groups excluding carboxylic acids is 2. The van der Waals surface area contributed by atoms with Gasteiger partial charge in [-0.25, -0.2) is 9.59 Å². The molecular weight excluding hydrogens is 477 g/mol. The fraction of sp³-hybridized carbons (Fsp3) is 0.160. The third kappa shape index (κ3) is 6.73. The minimum atomic E-state index is -1.07. The first kappa shape index (κ1) is 25.1. The van der Waals surface area contributed by atoms with Gasteiger partial charge in [0.15, 0.2) is 0 Å². The van der Waals surface area contributed by atoms with Crippen LogP contribution in [0.3, 0.4) is 0 Å². The molecule has 0 saturated heterocycles. The third-order valence-corrected chi connectivity index (χ3v) is 5.40. The number of carboxylic acids is 1. The molecule has 0 aliphatic carbocycles. The molecular formula is C25H23Cl2N3O4. The number of nitrogens with one attached hydrogen (secondary N) is 3. The van der Waals surface area contributed by atoms with Gasteiger partial charge in [0, 0.05) is 27.0 Å². The standard InChI is InChI=1S/C25H23Cl2N3O4/c1-14(2)22(24(32)33)30-23(31)17-5-3-15(4-6-17)16-7-9-20(10-8-16)28-25(34)29-21-12-18(26)11-19(27)13-21/h3-14,22H,1-2H3,(H,30,31)(H,32,33)(H2,28,29,34)/t22-/m0/s1. The molecule has 3 rings (SSSR count). The summed E-state index contributed by atoms with van der Waals surface area (Å²) in [4.78, 5) is 35.9. The van der Waals surface area contributed by atoms with Crippen LogP contribution in [0.25, 0.3) is 11.1 Å². The monoisotopic (exact) mass is 499 g/mol. The molecule has 1 atom stereocenters. The van der Waals surface area contributed by atoms with Gasteiger partial charge in [-0.1, -0.05) is 61.3 Å². The van der Waals surface area contributed by atoms with Crippen LogP contribution in [-0.4, -0.2) is 29.1 Å². The van der Waals surface area contributed by atoms with Crippen molar-refractivity contribution in [2.75, 3.05) is 10.6 Å². The van der Waals surface area contributed by atoms with Crippen LogP contribution in [0.5, 0.6) is 0 Å². The Balaban J connectivity index is 1.62. The van der Waals surface area contributed by atoms with Crippen LogP contribution in [0, 0.1) is 5.92 Å². The fourth-order valence-corrected chi connectivity index (χ4v) is 3.74. The van der Waals surface area contributed by atoms with Crippen molar-refractivity contribution in [2.24, 2.45) is 5.92 Å². The zero-order valence-corrected chi connectivity index (χ0v) is 19.9. The Morgan fingerprint density at radius 2 is 1.26 bits per heavy atom. The molecule has 3 aromatic carbocycles. The molecule has 176 valence electrons. The van der Waals surface area contributed by atoms with Gasteiger partial charge in [0.25, 0.3) is 5.91 Å². The van der Waals surface area contributed by atoms with Crippen LogP contribution in [-0.2, 0) is 4.79 Å². The van der Waals surface area contributed by atoms with Crippen molar-refractivity contribution in [3.63, 3.8) is 0 Å². The van der Waals surface area contributed by atoms with Crippen molar-refractivity contribution in [3.05, 3.63) is 82.3 Å². The topological polar surface area (TPSA) is 108 Å². The lowest BCUT2D eigenvalue weighted by Crippen LogP contribution is -2.44. The van der Waals surface area contributed by atoms with Crippen LogP contribution >= 0.6 is 23.2 Å². The van der Waals surface area contributed by atoms with Crippen LogP contribution in [0.4, 0.5) is 16.2 Å². The maximum atomic E-state index is 12.4. The van der Waals surface area contributed by atoms with Crippen molar-refractivity contribution < 1.29 is 19.5 Å². The molecule has 0 radical (unpaired) electrons. The van der Waals surface area contributed by atoms with Gasteiger partial charge in [0.2, 0.25) is 0 Å². The van der Waals surface area contributed by atoms with E-state index in [0.29, 0.717) is 27.0 Å². The molecule has 0 aliphatic rings. The Kier molecular flexibility index (Phi) is 8.15. The predicted molar refractivity (Wildman–Crippen MR) is 135 cm³/mol. The Bertz CT molecular complexity index is 1180. The molecule has 9 heteroatoms. The SMILES string of the molecule is CC(C)[C@H](NC(=O)c1ccc(-c2ccc(NC(=O)Nc3cc(Cl)cc(Cl)c3)cc2)cc1)C(=O)O. The number of hydrogen-bond donors (Lipinski definition) is 4. The van der Waals surface area contributed by atoms with Crippen LogP contribution < -0.4 is 16.0 Å². The normalized spacial score (nSPS) is 11.6. The van der Waals surface area contributed by atoms with Crippen molar-refractivity contribution in [1.29, 1.82) is 0 Å². The number of anilines is 2. The van der Waals surface area contributed by atoms with E-state index in [0.717, 1.165) is 11.1 Å². The average molecular weight is 500 g/mol. The summed E-state index contributed by atoms with van der Waals surface area (Å²) in [5.74, 6) is -1.75. The second-order valence-corrected chi connectivity index (χ2v) is 8.80. The first-order valence-electron chi connectivity index (χ1n) is 10.4. The maximum absolute atomic E-state index is 12.4. The van der Waals surface area contributed by atoms with Gasteiger partial charge < -0.3 is 21.1 Å². The van der Waals surface area contributed by atoms with Gasteiger partial charge in [-0.05, 0) is 59.5 Å². The first-order valence-corrected chi connectivity index (χ1v) is 11.2. The number of halogens is 2. The number of aliphatic carboxylic acids is 1. The van der Waals surface area contributed by atoms with Crippen LogP contribution in [0.1, 0.15) is 24.2 Å². The fourth-order valence-electron chi connectivity index (χ4n) is 3.22. The molecule has 34 heavy (non-hydrogen) atoms. The molecule has 0 saturated carbocycles. The number of benzene rings is 3. The van der Waals surface area contributed by atoms with E-state index >= 15 is 0 Å². The second-order valence-electron chi connectivity index (χ2n) is 7.93. The zero-order chi connectivity index (χ0) is 24.8. The number of urea groups is 1. The highest BCUT2D eigenvalue weighted by Crippen LogP contribution is 2.24. The van der Waals surface area contributed by atoms with Gasteiger partial charge in [0.1, 0.15) is 6.04 Å². The van der Waals surface area contributed by atoms with E-state index in [4.69, 9.17) is 23.2 Å². The van der Waals surface area contributed by atoms with Crippen molar-refractivity contribution in [3.8, 4) is 11.1 Å². The number of carboxylic acid groups (broad SMARTS) is 1. The molecule has 0 aliphatic heterocycles. The highest BCUT2D eigenvalue weighted by atomic mass is 35.5. The number of amides is 3. The van der Waals surface area contributed by atoms with Crippen LogP contribution in [0.15, 0.2) is 66.7 Å². The van der Waals surface area contributed by atoms with E-state index < -0.39 is 23.9 Å². The van der Waals surface area contributed by atoms with E-state index in [1.54, 1.807) is 68.4 Å². The summed E-state index contributed by atoms with van der Waals surface area (Å²) in [5.41, 5.74) is 3.16. The summed E-state index contributed by atoms with van der Waals surface area (Å²) in [6.07, 6.45) is 0. The van der Waals surface area contributed by atoms with E-state index in [1.165, 1.54) is 0 Å². The molecule has 0 aromatic heterocycles. The predicted octanol–water partition coefficient (Wildman–Crippen LogP) is 6.14. The Morgan fingerprint density at radius 3 is 1.76 bits per heavy atom. The lowest BCUT2D eigenvalue weighted by atomic mass is 10.0. The Labute approximate surface area is 207 Å². The van der Waals surface area contributed by atoms with Gasteiger partial charge >= 0.3 is 12.0 Å². The van der Waals surface area contributed by atoms with Crippen LogP contribution in [0.2, 0.25) is 10.0 Å². The van der Waals surface area contributed by atoms with Crippen molar-refractivity contribution in [2.45, 2.75) is 19.9 Å². The molecule has 0 spiro atoms. The summed E-state index contributed by atoms with van der Waals surface area (Å²) in [6.45, 7) is 3.47. The molecule has 0 bridgehead atoms. The molecule has 0 unspecified atom stereocenters. The largest absolute Gasteiger partial charge is 0.480 e. The quantitative estimate of drug-likeness (QED) is 0.312. The van der Waals surface area contributed by atoms with Gasteiger partial charge in [-0.15, -0.1) is 0 Å². The van der Waals surface area contributed by atoms with Gasteiger partial charge in [-0.2, -0.15) is 0 Å². The molecule has 0 heterocycles. The highest BCUT2D eigenvalue weighted by Gasteiger charge is 2.23. The average Bonchev–Trinajstić information content (AvgIpc) is 2.76. The molecule has 0 fully saturated rings. The summed E-state index contributed by atoms with van der Waals surface area (Å²) < 4.78 is 0. The zero-order valence-electron chi connectivity index (χ0n) is 18.4. The first-order chi connectivity index (χ1) is 16.1. The van der Waals surface area contributed by atoms with Gasteiger partial charge in [-0.3, -0.25) is 4.79 Å². The van der Waals surface area contributed by atoms with E-state index in [1.807, 2.05) is 12.1 Å². The molecule has 3 aromatic rings. The van der Waals surface area contributed by atoms with E-state index in [9.17, 15) is 19.5 Å². The summed E-state index contributed by atoms with van der Waals surface area (Å²) in [6, 6.07) is 17.3. The summed E-state index contributed by atoms with van der Waals surface area (Å²) in [5, 5.41) is 18.0. The Morgan fingerprint density at radius 1 is 0.765 bits per heavy atom. The molecule has 7 nitrogen and oxygen atoms in total. The van der Waals surface area contributed by atoms with E-state index in [2.05, 4.69) is 16.0 Å². The Hall–Kier alpha value is -3.55. The summed E-state index contributed by atoms with van der Waals surface area (Å²) >= 11 is 11.9. The van der Waals surface area contributed by atoms with Crippen molar-refractivity contribution >= 4 is 52.5 Å². The van der Waals surface area contributed by atoms with E-state index in [-0.39, 0.29) is 5.92 Å². The highest BCUT2D eigenvalue weighted by molar-refractivity contribution is 6.35. The number of rotatable bonds is 7. The third-order valence-electron chi connectivity index (χ3n) is 4.96. The number of carbonyl (C=O) groups is 3. The molecule has 3 amide bonds. The lowest BCUT2D eigenvalue weighted by molar-refractivity contribution is -0.140. The smallest absolute Gasteiger partial charge is 0.326 e. The minimum absolute atomic E-state index is 0.238. The second kappa shape index (κ2) is 11.0. The minimum Gasteiger partial charge on any atom is -0.480 e.